The summed E-state index contributed by atoms with van der Waals surface area (Å²) in [5.41, 5.74) is 3.03. The lowest BCUT2D eigenvalue weighted by Crippen LogP contribution is -2.31. The zero-order valence-corrected chi connectivity index (χ0v) is 17.4. The number of hydrogen-bond acceptors (Lipinski definition) is 6. The largest absolute Gasteiger partial charge is 0.497 e. The third-order valence-electron chi connectivity index (χ3n) is 5.82. The molecule has 30 heavy (non-hydrogen) atoms. The predicted molar refractivity (Wildman–Crippen MR) is 118 cm³/mol. The highest BCUT2D eigenvalue weighted by Crippen LogP contribution is 2.28. The molecule has 5 rings (SSSR count). The molecule has 154 valence electrons. The van der Waals surface area contributed by atoms with E-state index in [2.05, 4.69) is 32.4 Å². The van der Waals surface area contributed by atoms with E-state index in [1.165, 1.54) is 18.4 Å². The molecule has 1 N–H and O–H groups in total. The highest BCUT2D eigenvalue weighted by atomic mass is 16.5. The van der Waals surface area contributed by atoms with Gasteiger partial charge in [-0.3, -0.25) is 4.90 Å². The Hall–Kier alpha value is -3.19. The number of rotatable bonds is 6. The summed E-state index contributed by atoms with van der Waals surface area (Å²) in [4.78, 5) is 12.0. The van der Waals surface area contributed by atoms with Crippen LogP contribution in [0.1, 0.15) is 30.3 Å². The van der Waals surface area contributed by atoms with Crippen LogP contribution in [0.15, 0.2) is 48.5 Å². The van der Waals surface area contributed by atoms with Gasteiger partial charge >= 0.3 is 0 Å². The number of fused-ring (bicyclic) bond motifs is 3. The van der Waals surface area contributed by atoms with Crippen molar-refractivity contribution in [3.63, 3.8) is 0 Å². The van der Waals surface area contributed by atoms with Crippen LogP contribution in [0.25, 0.3) is 16.6 Å². The molecule has 2 aromatic heterocycles. The summed E-state index contributed by atoms with van der Waals surface area (Å²) < 4.78 is 7.16. The van der Waals surface area contributed by atoms with E-state index in [4.69, 9.17) is 9.72 Å². The van der Waals surface area contributed by atoms with Gasteiger partial charge in [0.2, 0.25) is 5.95 Å². The van der Waals surface area contributed by atoms with Crippen LogP contribution in [-0.2, 0) is 0 Å². The molecule has 7 nitrogen and oxygen atoms in total. The van der Waals surface area contributed by atoms with Crippen molar-refractivity contribution >= 4 is 22.5 Å². The first-order valence-electron chi connectivity index (χ1n) is 10.5. The number of aromatic nitrogens is 4. The Balaban J connectivity index is 1.49. The lowest BCUT2D eigenvalue weighted by molar-refractivity contribution is 0.255. The second-order valence-electron chi connectivity index (χ2n) is 7.76. The van der Waals surface area contributed by atoms with E-state index in [1.807, 2.05) is 47.8 Å². The Labute approximate surface area is 175 Å². The van der Waals surface area contributed by atoms with Gasteiger partial charge in [0.05, 0.1) is 18.7 Å². The van der Waals surface area contributed by atoms with Gasteiger partial charge in [0.1, 0.15) is 11.6 Å². The number of methoxy groups -OCH3 is 1. The molecule has 1 atom stereocenters. The SMILES string of the molecule is COc1ccc(C(CNc2nc3ccccc3c3nc(C)nn23)N2CCCC2)cc1. The van der Waals surface area contributed by atoms with Gasteiger partial charge in [0.15, 0.2) is 5.65 Å². The highest BCUT2D eigenvalue weighted by Gasteiger charge is 2.24. The molecule has 4 aromatic rings. The molecule has 0 saturated carbocycles. The van der Waals surface area contributed by atoms with Crippen LogP contribution < -0.4 is 10.1 Å². The third-order valence-corrected chi connectivity index (χ3v) is 5.82. The molecule has 1 saturated heterocycles. The van der Waals surface area contributed by atoms with E-state index in [0.717, 1.165) is 53.7 Å². The van der Waals surface area contributed by atoms with E-state index >= 15 is 0 Å². The molecule has 3 heterocycles. The number of para-hydroxylation sites is 1. The smallest absolute Gasteiger partial charge is 0.226 e. The van der Waals surface area contributed by atoms with Crippen LogP contribution in [0.3, 0.4) is 0 Å². The molecule has 0 bridgehead atoms. The number of ether oxygens (including phenoxy) is 1. The maximum atomic E-state index is 5.34. The molecular weight excluding hydrogens is 376 g/mol. The Morgan fingerprint density at radius 3 is 2.57 bits per heavy atom. The summed E-state index contributed by atoms with van der Waals surface area (Å²) in [5.74, 6) is 2.34. The van der Waals surface area contributed by atoms with Gasteiger partial charge in [0, 0.05) is 11.9 Å². The first kappa shape index (κ1) is 18.8. The summed E-state index contributed by atoms with van der Waals surface area (Å²) >= 11 is 0. The second kappa shape index (κ2) is 7.91. The molecule has 1 aliphatic rings. The van der Waals surface area contributed by atoms with Crippen molar-refractivity contribution in [1.29, 1.82) is 0 Å². The van der Waals surface area contributed by atoms with Crippen LogP contribution in [0.5, 0.6) is 5.75 Å². The topological polar surface area (TPSA) is 67.6 Å². The standard InChI is InChI=1S/C23H26N6O/c1-16-25-22-19-7-3-4-8-20(19)26-23(29(22)27-16)24-15-21(28-13-5-6-14-28)17-9-11-18(30-2)12-10-17/h3-4,7-12,21H,5-6,13-15H2,1-2H3,(H,24,26). The van der Waals surface area contributed by atoms with Crippen molar-refractivity contribution in [2.24, 2.45) is 0 Å². The monoisotopic (exact) mass is 402 g/mol. The van der Waals surface area contributed by atoms with E-state index in [0.29, 0.717) is 0 Å². The van der Waals surface area contributed by atoms with Crippen LogP contribution in [0.4, 0.5) is 5.95 Å². The lowest BCUT2D eigenvalue weighted by Gasteiger charge is -2.28. The van der Waals surface area contributed by atoms with Crippen molar-refractivity contribution in [3.8, 4) is 5.75 Å². The van der Waals surface area contributed by atoms with Crippen molar-refractivity contribution in [3.05, 3.63) is 59.9 Å². The zero-order chi connectivity index (χ0) is 20.5. The molecule has 0 spiro atoms. The average molecular weight is 403 g/mol. The predicted octanol–water partition coefficient (Wildman–Crippen LogP) is 3.84. The molecule has 1 unspecified atom stereocenters. The number of likely N-dealkylation sites (tertiary alicyclic amines) is 1. The number of nitrogens with one attached hydrogen (secondary N) is 1. The minimum Gasteiger partial charge on any atom is -0.497 e. The van der Waals surface area contributed by atoms with Crippen molar-refractivity contribution in [2.75, 3.05) is 32.1 Å². The number of nitrogens with zero attached hydrogens (tertiary/aromatic N) is 5. The van der Waals surface area contributed by atoms with Crippen LogP contribution >= 0.6 is 0 Å². The minimum atomic E-state index is 0.256. The summed E-state index contributed by atoms with van der Waals surface area (Å²) in [7, 11) is 1.70. The summed E-state index contributed by atoms with van der Waals surface area (Å²) in [6.45, 7) is 4.88. The van der Waals surface area contributed by atoms with Gasteiger partial charge in [0.25, 0.3) is 0 Å². The molecule has 0 radical (unpaired) electrons. The Kier molecular flexibility index (Phi) is 4.96. The number of anilines is 1. The Morgan fingerprint density at radius 1 is 1.03 bits per heavy atom. The zero-order valence-electron chi connectivity index (χ0n) is 17.4. The number of hydrogen-bond donors (Lipinski definition) is 1. The van der Waals surface area contributed by atoms with Crippen LogP contribution in [0.2, 0.25) is 0 Å². The summed E-state index contributed by atoms with van der Waals surface area (Å²) in [6.07, 6.45) is 2.49. The molecular formula is C23H26N6O. The fourth-order valence-electron chi connectivity index (χ4n) is 4.30. The highest BCUT2D eigenvalue weighted by molar-refractivity contribution is 5.92. The van der Waals surface area contributed by atoms with Crippen LogP contribution in [0, 0.1) is 6.92 Å². The quantitative estimate of drug-likeness (QED) is 0.528. The van der Waals surface area contributed by atoms with Gasteiger partial charge < -0.3 is 10.1 Å². The van der Waals surface area contributed by atoms with Crippen molar-refractivity contribution < 1.29 is 4.74 Å². The second-order valence-corrected chi connectivity index (χ2v) is 7.76. The van der Waals surface area contributed by atoms with E-state index < -0.39 is 0 Å². The first-order valence-corrected chi connectivity index (χ1v) is 10.5. The molecule has 1 aliphatic heterocycles. The summed E-state index contributed by atoms with van der Waals surface area (Å²) in [6, 6.07) is 16.7. The van der Waals surface area contributed by atoms with E-state index in [-0.39, 0.29) is 6.04 Å². The normalized spacial score (nSPS) is 15.7. The third kappa shape index (κ3) is 3.45. The maximum absolute atomic E-state index is 5.34. The van der Waals surface area contributed by atoms with Gasteiger partial charge in [-0.2, -0.15) is 4.52 Å². The first-order chi connectivity index (χ1) is 14.7. The van der Waals surface area contributed by atoms with Crippen molar-refractivity contribution in [1.82, 2.24) is 24.5 Å². The van der Waals surface area contributed by atoms with Crippen molar-refractivity contribution in [2.45, 2.75) is 25.8 Å². The molecule has 0 amide bonds. The van der Waals surface area contributed by atoms with Gasteiger partial charge in [-0.05, 0) is 62.7 Å². The fourth-order valence-corrected chi connectivity index (χ4v) is 4.30. The molecule has 2 aromatic carbocycles. The number of aryl methyl sites for hydroxylation is 1. The van der Waals surface area contributed by atoms with Gasteiger partial charge in [-0.15, -0.1) is 5.10 Å². The van der Waals surface area contributed by atoms with Gasteiger partial charge in [-0.1, -0.05) is 24.3 Å². The average Bonchev–Trinajstić information content (AvgIpc) is 3.44. The molecule has 1 fully saturated rings. The summed E-state index contributed by atoms with van der Waals surface area (Å²) in [5, 5.41) is 9.17. The minimum absolute atomic E-state index is 0.256. The molecule has 7 heteroatoms. The van der Waals surface area contributed by atoms with Crippen LogP contribution in [-0.4, -0.2) is 51.2 Å². The van der Waals surface area contributed by atoms with E-state index in [1.54, 1.807) is 7.11 Å². The fraction of sp³-hybridized carbons (Fsp3) is 0.348. The Bertz CT molecular complexity index is 1160. The molecule has 0 aliphatic carbocycles. The maximum Gasteiger partial charge on any atom is 0.226 e. The number of benzene rings is 2. The lowest BCUT2D eigenvalue weighted by atomic mass is 10.1. The van der Waals surface area contributed by atoms with Gasteiger partial charge in [-0.25, -0.2) is 9.97 Å². The van der Waals surface area contributed by atoms with E-state index in [9.17, 15) is 0 Å². The Morgan fingerprint density at radius 2 is 1.80 bits per heavy atom.